The monoisotopic (exact) mass is 540 g/mol. The van der Waals surface area contributed by atoms with Crippen molar-refractivity contribution in [1.29, 1.82) is 0 Å². The number of para-hydroxylation sites is 2. The molecule has 0 spiro atoms. The average molecular weight is 541 g/mol. The number of benzene rings is 5. The number of aromatic nitrogens is 3. The van der Waals surface area contributed by atoms with E-state index in [1.807, 2.05) is 42.6 Å². The van der Waals surface area contributed by atoms with E-state index in [2.05, 4.69) is 78.9 Å². The molecule has 2 heterocycles. The van der Waals surface area contributed by atoms with Crippen LogP contribution in [0.4, 0.5) is 0 Å². The van der Waals surface area contributed by atoms with Gasteiger partial charge in [0.2, 0.25) is 0 Å². The van der Waals surface area contributed by atoms with Gasteiger partial charge < -0.3 is 5.11 Å². The van der Waals surface area contributed by atoms with Gasteiger partial charge in [0.25, 0.3) is 0 Å². The number of pyridine rings is 1. The van der Waals surface area contributed by atoms with Gasteiger partial charge >= 0.3 is 0 Å². The molecule has 1 aliphatic carbocycles. The molecular formula is C38H25N3O. The van der Waals surface area contributed by atoms with Gasteiger partial charge in [-0.2, -0.15) is 0 Å². The van der Waals surface area contributed by atoms with E-state index >= 15 is 0 Å². The number of hydrogen-bond donors (Lipinski definition) is 1. The van der Waals surface area contributed by atoms with Gasteiger partial charge in [0, 0.05) is 22.7 Å². The number of fused-ring (bicyclic) bond motifs is 4. The Hall–Kier alpha value is -5.61. The highest BCUT2D eigenvalue weighted by Gasteiger charge is 2.47. The Labute approximate surface area is 245 Å². The van der Waals surface area contributed by atoms with Crippen LogP contribution in [0.25, 0.3) is 44.7 Å². The Bertz CT molecular complexity index is 2150. The van der Waals surface area contributed by atoms with Gasteiger partial charge in [-0.05, 0) is 64.2 Å². The van der Waals surface area contributed by atoms with E-state index in [4.69, 9.17) is 16.3 Å². The Kier molecular flexibility index (Phi) is 5.23. The molecule has 0 saturated heterocycles. The molecule has 2 aromatic heterocycles. The second-order valence-corrected chi connectivity index (χ2v) is 10.5. The summed E-state index contributed by atoms with van der Waals surface area (Å²) in [5.41, 5.74) is 8.67. The minimum absolute atomic E-state index is 0.0686. The number of aromatic hydroxyl groups is 1. The third-order valence-electron chi connectivity index (χ3n) is 8.24. The van der Waals surface area contributed by atoms with E-state index in [0.29, 0.717) is 17.1 Å². The lowest BCUT2D eigenvalue weighted by Gasteiger charge is -2.33. The first-order chi connectivity index (χ1) is 21.1. The molecule has 0 saturated carbocycles. The van der Waals surface area contributed by atoms with E-state index in [1.165, 1.54) is 0 Å². The van der Waals surface area contributed by atoms with Crippen LogP contribution in [-0.2, 0) is 5.41 Å². The SMILES string of the molecule is [2H]c1cccc(-c2cccc(C3(c4cccc(-c5ncc6ccccc6n5)c4)c4ccccc4-c4ccccc43)n2)c1O. The van der Waals surface area contributed by atoms with Crippen molar-refractivity contribution in [1.82, 2.24) is 15.0 Å². The van der Waals surface area contributed by atoms with Gasteiger partial charge in [0.15, 0.2) is 5.82 Å². The zero-order chi connectivity index (χ0) is 29.0. The fourth-order valence-corrected chi connectivity index (χ4v) is 6.40. The minimum atomic E-state index is -0.746. The van der Waals surface area contributed by atoms with E-state index in [0.717, 1.165) is 50.0 Å². The summed E-state index contributed by atoms with van der Waals surface area (Å²) < 4.78 is 8.16. The summed E-state index contributed by atoms with van der Waals surface area (Å²) in [4.78, 5) is 14.9. The van der Waals surface area contributed by atoms with E-state index in [-0.39, 0.29) is 11.8 Å². The molecule has 4 heteroatoms. The van der Waals surface area contributed by atoms with Crippen LogP contribution in [0, 0.1) is 0 Å². The second-order valence-electron chi connectivity index (χ2n) is 10.5. The van der Waals surface area contributed by atoms with Crippen LogP contribution in [-0.4, -0.2) is 20.1 Å². The van der Waals surface area contributed by atoms with Gasteiger partial charge in [-0.3, -0.25) is 4.98 Å². The van der Waals surface area contributed by atoms with Gasteiger partial charge in [0.05, 0.1) is 23.7 Å². The Morgan fingerprint density at radius 1 is 0.619 bits per heavy atom. The summed E-state index contributed by atoms with van der Waals surface area (Å²) in [5, 5.41) is 11.8. The zero-order valence-corrected chi connectivity index (χ0v) is 22.6. The maximum absolute atomic E-state index is 10.8. The molecule has 42 heavy (non-hydrogen) atoms. The highest BCUT2D eigenvalue weighted by atomic mass is 16.3. The molecule has 0 amide bonds. The van der Waals surface area contributed by atoms with Crippen molar-refractivity contribution in [2.75, 3.05) is 0 Å². The summed E-state index contributed by atoms with van der Waals surface area (Å²) in [6.07, 6.45) is 1.87. The first kappa shape index (κ1) is 23.1. The third kappa shape index (κ3) is 3.59. The third-order valence-corrected chi connectivity index (χ3v) is 8.24. The topological polar surface area (TPSA) is 58.9 Å². The van der Waals surface area contributed by atoms with Crippen molar-refractivity contribution in [3.8, 4) is 39.5 Å². The normalized spacial score (nSPS) is 13.4. The highest BCUT2D eigenvalue weighted by Crippen LogP contribution is 2.56. The van der Waals surface area contributed by atoms with Crippen molar-refractivity contribution < 1.29 is 6.48 Å². The Balaban J connectivity index is 1.42. The molecule has 5 aromatic carbocycles. The lowest BCUT2D eigenvalue weighted by Crippen LogP contribution is -2.30. The van der Waals surface area contributed by atoms with Crippen molar-refractivity contribution in [2.45, 2.75) is 5.41 Å². The molecule has 0 bridgehead atoms. The highest BCUT2D eigenvalue weighted by molar-refractivity contribution is 5.86. The number of nitrogens with zero attached hydrogens (tertiary/aromatic N) is 3. The van der Waals surface area contributed by atoms with E-state index < -0.39 is 5.41 Å². The number of rotatable bonds is 4. The summed E-state index contributed by atoms with van der Waals surface area (Å²) in [5.74, 6) is 0.582. The Morgan fingerprint density at radius 2 is 1.31 bits per heavy atom. The molecule has 1 aliphatic rings. The van der Waals surface area contributed by atoms with Crippen LogP contribution in [0.2, 0.25) is 0 Å². The number of hydrogen-bond acceptors (Lipinski definition) is 4. The molecule has 8 rings (SSSR count). The molecule has 7 aromatic rings. The van der Waals surface area contributed by atoms with Crippen molar-refractivity contribution in [3.05, 3.63) is 168 Å². The number of phenolic OH excluding ortho intramolecular Hbond substituents is 1. The van der Waals surface area contributed by atoms with Gasteiger partial charge in [0.1, 0.15) is 5.75 Å². The average Bonchev–Trinajstić information content (AvgIpc) is 3.37. The molecule has 0 unspecified atom stereocenters. The molecule has 4 nitrogen and oxygen atoms in total. The summed E-state index contributed by atoms with van der Waals surface area (Å²) in [6, 6.07) is 44.6. The fraction of sp³-hybridized carbons (Fsp3) is 0.0263. The molecule has 0 radical (unpaired) electrons. The van der Waals surface area contributed by atoms with Gasteiger partial charge in [-0.15, -0.1) is 0 Å². The van der Waals surface area contributed by atoms with Crippen LogP contribution < -0.4 is 0 Å². The van der Waals surface area contributed by atoms with E-state index in [9.17, 15) is 5.11 Å². The van der Waals surface area contributed by atoms with Crippen molar-refractivity contribution in [2.24, 2.45) is 0 Å². The van der Waals surface area contributed by atoms with Gasteiger partial charge in [-0.25, -0.2) is 9.97 Å². The molecule has 0 aliphatic heterocycles. The first-order valence-corrected chi connectivity index (χ1v) is 13.9. The first-order valence-electron chi connectivity index (χ1n) is 14.4. The zero-order valence-electron chi connectivity index (χ0n) is 23.6. The molecule has 0 atom stereocenters. The minimum Gasteiger partial charge on any atom is -0.507 e. The van der Waals surface area contributed by atoms with E-state index in [1.54, 1.807) is 18.2 Å². The predicted octanol–water partition coefficient (Wildman–Crippen LogP) is 8.43. The quantitative estimate of drug-likeness (QED) is 0.243. The number of phenols is 1. The molecule has 1 N–H and O–H groups in total. The maximum atomic E-state index is 10.8. The molecule has 0 fully saturated rings. The predicted molar refractivity (Wildman–Crippen MR) is 167 cm³/mol. The van der Waals surface area contributed by atoms with Crippen LogP contribution in [0.1, 0.15) is 23.8 Å². The largest absolute Gasteiger partial charge is 0.507 e. The van der Waals surface area contributed by atoms with Crippen LogP contribution in [0.3, 0.4) is 0 Å². The summed E-state index contributed by atoms with van der Waals surface area (Å²) in [6.45, 7) is 0. The van der Waals surface area contributed by atoms with Gasteiger partial charge in [-0.1, -0.05) is 103 Å². The maximum Gasteiger partial charge on any atom is 0.159 e. The fourth-order valence-electron chi connectivity index (χ4n) is 6.40. The Morgan fingerprint density at radius 3 is 2.14 bits per heavy atom. The van der Waals surface area contributed by atoms with Crippen LogP contribution in [0.5, 0.6) is 5.75 Å². The van der Waals surface area contributed by atoms with Crippen molar-refractivity contribution >= 4 is 10.9 Å². The summed E-state index contributed by atoms with van der Waals surface area (Å²) >= 11 is 0. The van der Waals surface area contributed by atoms with Crippen LogP contribution >= 0.6 is 0 Å². The second kappa shape index (κ2) is 9.50. The summed E-state index contributed by atoms with van der Waals surface area (Å²) in [7, 11) is 0. The molecule has 198 valence electrons. The lowest BCUT2D eigenvalue weighted by atomic mass is 9.69. The standard InChI is InChI=1S/C38H25N3O/c42-35-21-8-4-16-30(35)34-20-10-22-36(40-34)38(31-17-5-2-14-28(31)29-15-3-6-18-32(29)38)27-13-9-12-25(23-27)37-39-24-26-11-1-7-19-33(26)41-37/h1-24,42H/i21D. The lowest BCUT2D eigenvalue weighted by molar-refractivity contribution is 0.477. The van der Waals surface area contributed by atoms with Crippen molar-refractivity contribution in [3.63, 3.8) is 0 Å². The van der Waals surface area contributed by atoms with Crippen LogP contribution in [0.15, 0.2) is 146 Å². The smallest absolute Gasteiger partial charge is 0.159 e. The molecular weight excluding hydrogens is 514 g/mol.